The van der Waals surface area contributed by atoms with Gasteiger partial charge in [-0.1, -0.05) is 49.3 Å². The highest BCUT2D eigenvalue weighted by Crippen LogP contribution is 2.64. The van der Waals surface area contributed by atoms with Crippen molar-refractivity contribution in [1.82, 2.24) is 0 Å². The van der Waals surface area contributed by atoms with Gasteiger partial charge in [0.05, 0.1) is 0 Å². The molecule has 1 aromatic rings. The summed E-state index contributed by atoms with van der Waals surface area (Å²) in [6.45, 7) is 4.70. The van der Waals surface area contributed by atoms with E-state index in [1.165, 1.54) is 11.1 Å². The van der Waals surface area contributed by atoms with Crippen LogP contribution in [0.15, 0.2) is 65.0 Å². The Morgan fingerprint density at radius 1 is 1.13 bits per heavy atom. The zero-order valence-electron chi connectivity index (χ0n) is 18.1. The molecule has 0 radical (unpaired) electrons. The summed E-state index contributed by atoms with van der Waals surface area (Å²) in [6, 6.07) is 9.80. The van der Waals surface area contributed by atoms with Crippen LogP contribution in [-0.2, 0) is 4.79 Å². The number of fused-ring (bicyclic) bond motifs is 5. The molecular formula is C27H32O3. The van der Waals surface area contributed by atoms with E-state index in [1.807, 2.05) is 36.4 Å². The summed E-state index contributed by atoms with van der Waals surface area (Å²) in [5.74, 6) is 3.01. The van der Waals surface area contributed by atoms with E-state index in [-0.39, 0.29) is 17.4 Å². The van der Waals surface area contributed by atoms with Crippen molar-refractivity contribution in [3.8, 4) is 5.75 Å². The van der Waals surface area contributed by atoms with Crippen LogP contribution in [0.3, 0.4) is 0 Å². The van der Waals surface area contributed by atoms with Crippen LogP contribution in [0.25, 0.3) is 0 Å². The van der Waals surface area contributed by atoms with Gasteiger partial charge in [0.1, 0.15) is 18.1 Å². The summed E-state index contributed by atoms with van der Waals surface area (Å²) in [7, 11) is 0. The van der Waals surface area contributed by atoms with Crippen molar-refractivity contribution in [1.29, 1.82) is 0 Å². The molecule has 0 aromatic heterocycles. The summed E-state index contributed by atoms with van der Waals surface area (Å²) in [4.78, 5) is 12.0. The van der Waals surface area contributed by atoms with Gasteiger partial charge in [-0.05, 0) is 79.6 Å². The second-order valence-corrected chi connectivity index (χ2v) is 10.0. The van der Waals surface area contributed by atoms with Crippen molar-refractivity contribution in [2.24, 2.45) is 22.7 Å². The Morgan fingerprint density at radius 3 is 2.70 bits per heavy atom. The minimum atomic E-state index is -0.0551. The number of para-hydroxylation sites is 1. The molecule has 4 aliphatic rings. The van der Waals surface area contributed by atoms with Crippen LogP contribution < -0.4 is 4.74 Å². The number of benzene rings is 1. The maximum absolute atomic E-state index is 12.0. The standard InChI is InChI=1S/C27H32O3/c1-26-14-12-19(29)16-18(26)8-9-21-22-10-11-24(27(22,2)15-13-23(21)26)25(17-28)30-20-6-4-3-5-7-20/h3-7,13,16,21-22,28H,8-12,14-15,17H2,1-2H3/b25-24+/t21-,22-,26-,27-/m0/s1. The predicted octanol–water partition coefficient (Wildman–Crippen LogP) is 5.76. The summed E-state index contributed by atoms with van der Waals surface area (Å²) >= 11 is 0. The van der Waals surface area contributed by atoms with E-state index in [4.69, 9.17) is 4.74 Å². The first kappa shape index (κ1) is 19.8. The number of aliphatic hydroxyl groups excluding tert-OH is 1. The van der Waals surface area contributed by atoms with Gasteiger partial charge in [0.25, 0.3) is 0 Å². The lowest BCUT2D eigenvalue weighted by Crippen LogP contribution is -2.43. The monoisotopic (exact) mass is 404 g/mol. The molecule has 0 bridgehead atoms. The number of rotatable bonds is 3. The van der Waals surface area contributed by atoms with Crippen LogP contribution in [0.1, 0.15) is 58.8 Å². The van der Waals surface area contributed by atoms with Crippen molar-refractivity contribution < 1.29 is 14.6 Å². The molecule has 158 valence electrons. The maximum atomic E-state index is 12.0. The third-order valence-corrected chi connectivity index (χ3v) is 8.59. The van der Waals surface area contributed by atoms with Gasteiger partial charge < -0.3 is 9.84 Å². The average molecular weight is 405 g/mol. The number of aliphatic hydroxyl groups is 1. The first-order valence-corrected chi connectivity index (χ1v) is 11.5. The normalized spacial score (nSPS) is 36.8. The molecule has 4 atom stereocenters. The van der Waals surface area contributed by atoms with E-state index < -0.39 is 0 Å². The minimum absolute atomic E-state index is 0.0447. The zero-order valence-corrected chi connectivity index (χ0v) is 18.1. The van der Waals surface area contributed by atoms with Crippen molar-refractivity contribution in [3.63, 3.8) is 0 Å². The van der Waals surface area contributed by atoms with Gasteiger partial charge in [0, 0.05) is 11.8 Å². The highest BCUT2D eigenvalue weighted by atomic mass is 16.5. The second-order valence-electron chi connectivity index (χ2n) is 10.0. The Hall–Kier alpha value is -2.13. The van der Waals surface area contributed by atoms with Gasteiger partial charge in [0.15, 0.2) is 5.78 Å². The summed E-state index contributed by atoms with van der Waals surface area (Å²) in [5, 5.41) is 10.2. The molecule has 0 unspecified atom stereocenters. The topological polar surface area (TPSA) is 46.5 Å². The predicted molar refractivity (Wildman–Crippen MR) is 118 cm³/mol. The average Bonchev–Trinajstić information content (AvgIpc) is 3.10. The Labute approximate surface area is 179 Å². The van der Waals surface area contributed by atoms with Crippen molar-refractivity contribution in [3.05, 3.63) is 65.0 Å². The molecule has 5 rings (SSSR count). The summed E-state index contributed by atoms with van der Waals surface area (Å²) < 4.78 is 6.18. The van der Waals surface area contributed by atoms with Crippen LogP contribution in [0.4, 0.5) is 0 Å². The largest absolute Gasteiger partial charge is 0.459 e. The van der Waals surface area contributed by atoms with Crippen LogP contribution in [-0.4, -0.2) is 17.5 Å². The molecule has 0 amide bonds. The molecule has 2 fully saturated rings. The van der Waals surface area contributed by atoms with Gasteiger partial charge >= 0.3 is 0 Å². The molecule has 0 saturated heterocycles. The van der Waals surface area contributed by atoms with Crippen LogP contribution in [0, 0.1) is 22.7 Å². The second kappa shape index (κ2) is 7.23. The third kappa shape index (κ3) is 2.93. The lowest BCUT2D eigenvalue weighted by atomic mass is 9.51. The molecule has 1 N–H and O–H groups in total. The number of carbonyl (C=O) groups excluding carboxylic acids is 1. The van der Waals surface area contributed by atoms with E-state index in [9.17, 15) is 9.90 Å². The Balaban J connectivity index is 1.51. The fraction of sp³-hybridized carbons (Fsp3) is 0.519. The SMILES string of the molecule is C[C@]12CCC(=O)C=C1CC[C@@H]1C2=CC[C@]2(C)/C(=C(\CO)Oc3ccccc3)CC[C@@H]12. The summed E-state index contributed by atoms with van der Waals surface area (Å²) in [6.07, 6.45) is 11.4. The number of carbonyl (C=O) groups is 1. The number of ketones is 1. The van der Waals surface area contributed by atoms with Gasteiger partial charge in [-0.2, -0.15) is 0 Å². The molecule has 2 saturated carbocycles. The number of allylic oxidation sites excluding steroid dienone is 5. The molecule has 4 aliphatic carbocycles. The van der Waals surface area contributed by atoms with Crippen molar-refractivity contribution in [2.75, 3.05) is 6.61 Å². The fourth-order valence-electron chi connectivity index (χ4n) is 6.96. The first-order valence-electron chi connectivity index (χ1n) is 11.5. The Bertz CT molecular complexity index is 954. The molecule has 0 aliphatic heterocycles. The fourth-order valence-corrected chi connectivity index (χ4v) is 6.96. The summed E-state index contributed by atoms with van der Waals surface area (Å²) in [5.41, 5.74) is 4.38. The van der Waals surface area contributed by atoms with Crippen LogP contribution >= 0.6 is 0 Å². The zero-order chi connectivity index (χ0) is 20.9. The van der Waals surface area contributed by atoms with Crippen molar-refractivity contribution >= 4 is 5.78 Å². The van der Waals surface area contributed by atoms with Gasteiger partial charge in [-0.3, -0.25) is 4.79 Å². The van der Waals surface area contributed by atoms with E-state index in [1.54, 1.807) is 5.57 Å². The van der Waals surface area contributed by atoms with E-state index in [2.05, 4.69) is 19.9 Å². The first-order chi connectivity index (χ1) is 14.5. The highest BCUT2D eigenvalue weighted by molar-refractivity contribution is 5.92. The molecule has 30 heavy (non-hydrogen) atoms. The maximum Gasteiger partial charge on any atom is 0.155 e. The van der Waals surface area contributed by atoms with Crippen molar-refractivity contribution in [2.45, 2.75) is 58.8 Å². The van der Waals surface area contributed by atoms with Crippen LogP contribution in [0.5, 0.6) is 5.75 Å². The molecule has 0 spiro atoms. The van der Waals surface area contributed by atoms with Gasteiger partial charge in [-0.25, -0.2) is 0 Å². The molecule has 3 heteroatoms. The molecule has 3 nitrogen and oxygen atoms in total. The number of hydrogen-bond acceptors (Lipinski definition) is 3. The Morgan fingerprint density at radius 2 is 1.93 bits per heavy atom. The molecular weight excluding hydrogens is 372 g/mol. The number of hydrogen-bond donors (Lipinski definition) is 1. The highest BCUT2D eigenvalue weighted by Gasteiger charge is 2.55. The van der Waals surface area contributed by atoms with Gasteiger partial charge in [-0.15, -0.1) is 0 Å². The van der Waals surface area contributed by atoms with Gasteiger partial charge in [0.2, 0.25) is 0 Å². The molecule has 1 aromatic carbocycles. The lowest BCUT2D eigenvalue weighted by molar-refractivity contribution is -0.115. The smallest absolute Gasteiger partial charge is 0.155 e. The Kier molecular flexibility index (Phi) is 4.77. The van der Waals surface area contributed by atoms with Crippen LogP contribution in [0.2, 0.25) is 0 Å². The quantitative estimate of drug-likeness (QED) is 0.514. The third-order valence-electron chi connectivity index (χ3n) is 8.59. The minimum Gasteiger partial charge on any atom is -0.459 e. The van der Waals surface area contributed by atoms with E-state index in [0.29, 0.717) is 24.0 Å². The molecule has 0 heterocycles. The van der Waals surface area contributed by atoms with E-state index in [0.717, 1.165) is 50.0 Å². The lowest BCUT2D eigenvalue weighted by Gasteiger charge is -2.52. The van der Waals surface area contributed by atoms with E-state index >= 15 is 0 Å². The number of ether oxygens (including phenoxy) is 1.